The maximum Gasteiger partial charge on any atom is 0.416 e. The molecule has 5 unspecified atom stereocenters. The van der Waals surface area contributed by atoms with Crippen molar-refractivity contribution in [3.63, 3.8) is 0 Å². The van der Waals surface area contributed by atoms with Gasteiger partial charge >= 0.3 is 18.0 Å². The van der Waals surface area contributed by atoms with Gasteiger partial charge in [0.05, 0.1) is 13.1 Å². The van der Waals surface area contributed by atoms with Gasteiger partial charge in [-0.2, -0.15) is 4.98 Å². The van der Waals surface area contributed by atoms with Crippen molar-refractivity contribution in [1.29, 1.82) is 0 Å². The molecule has 1 aromatic carbocycles. The number of carboxylic acids is 2. The molecule has 5 atom stereocenters. The quantitative estimate of drug-likeness (QED) is 0.199. The maximum absolute atomic E-state index is 14.1. The van der Waals surface area contributed by atoms with Crippen LogP contribution in [0.2, 0.25) is 0 Å². The van der Waals surface area contributed by atoms with E-state index in [1.807, 2.05) is 6.92 Å². The van der Waals surface area contributed by atoms with Gasteiger partial charge in [-0.25, -0.2) is 19.3 Å². The van der Waals surface area contributed by atoms with Crippen LogP contribution in [0.15, 0.2) is 29.1 Å². The number of H-pyrrole nitrogens is 1. The lowest BCUT2D eigenvalue weighted by molar-refractivity contribution is -0.142. The molecule has 1 aromatic heterocycles. The van der Waals surface area contributed by atoms with E-state index in [9.17, 15) is 34.2 Å². The smallest absolute Gasteiger partial charge is 0.416 e. The molecule has 15 heteroatoms. The molecule has 0 spiro atoms. The Hall–Kier alpha value is -4.82. The number of aliphatic carboxylic acids is 2. The molecule has 5 rings (SSSR count). The third-order valence-corrected chi connectivity index (χ3v) is 10.6. The number of hydrogen-bond acceptors (Lipinski definition) is 10. The standard InChI is InChI=1S/C31H41N7O8/c1-5-6-19(25(41)42)35-23(39)16-7-9-18(10-8-16)33-14-31(26(43)44)15-34-22-21(24(40)37-27(32)36-22)38(31)28(45)46-20-13-17-11-12-30(20,4)29(17,2)3/h7-10,17,19-20,33H,5-6,11-15H2,1-4H3,(H,35,39)(H,41,42)(H,43,44)(H4,32,34,36,37,40). The number of nitrogens with two attached hydrogens (primary N) is 1. The predicted molar refractivity (Wildman–Crippen MR) is 169 cm³/mol. The molecule has 2 aliphatic carbocycles. The van der Waals surface area contributed by atoms with Crippen molar-refractivity contribution in [3.05, 3.63) is 40.2 Å². The van der Waals surface area contributed by atoms with Gasteiger partial charge in [0.1, 0.15) is 12.1 Å². The van der Waals surface area contributed by atoms with Gasteiger partial charge in [-0.1, -0.05) is 34.1 Å². The third kappa shape index (κ3) is 5.36. The summed E-state index contributed by atoms with van der Waals surface area (Å²) in [7, 11) is 0. The lowest BCUT2D eigenvalue weighted by Crippen LogP contribution is -2.68. The summed E-state index contributed by atoms with van der Waals surface area (Å²) in [5.74, 6) is -3.02. The van der Waals surface area contributed by atoms with Crippen LogP contribution in [0.4, 0.5) is 27.9 Å². The second-order valence-corrected chi connectivity index (χ2v) is 13.2. The number of aromatic nitrogens is 2. The van der Waals surface area contributed by atoms with Crippen LogP contribution in [0, 0.1) is 16.7 Å². The molecular weight excluding hydrogens is 598 g/mol. The van der Waals surface area contributed by atoms with Gasteiger partial charge in [0.2, 0.25) is 5.95 Å². The minimum absolute atomic E-state index is 0.0485. The number of amides is 2. The largest absolute Gasteiger partial charge is 0.480 e. The van der Waals surface area contributed by atoms with Crippen LogP contribution < -0.4 is 32.1 Å². The number of nitrogen functional groups attached to an aromatic ring is 1. The van der Waals surface area contributed by atoms with E-state index in [2.05, 4.69) is 46.7 Å². The van der Waals surface area contributed by atoms with Gasteiger partial charge in [0.25, 0.3) is 11.5 Å². The molecule has 0 radical (unpaired) electrons. The number of benzene rings is 1. The van der Waals surface area contributed by atoms with E-state index in [1.165, 1.54) is 24.3 Å². The summed E-state index contributed by atoms with van der Waals surface area (Å²) in [6, 6.07) is 4.95. The maximum atomic E-state index is 14.1. The van der Waals surface area contributed by atoms with Crippen LogP contribution in [0.1, 0.15) is 70.2 Å². The van der Waals surface area contributed by atoms with E-state index >= 15 is 0 Å². The summed E-state index contributed by atoms with van der Waals surface area (Å²) in [6.45, 7) is 7.51. The van der Waals surface area contributed by atoms with Gasteiger partial charge in [-0.15, -0.1) is 0 Å². The fraction of sp³-hybridized carbons (Fsp3) is 0.548. The first kappa shape index (κ1) is 32.6. The molecule has 2 bridgehead atoms. The van der Waals surface area contributed by atoms with Gasteiger partial charge in [-0.3, -0.25) is 14.6 Å². The normalized spacial score (nSPS) is 26.4. The fourth-order valence-electron chi connectivity index (χ4n) is 7.25. The molecule has 2 aromatic rings. The molecule has 1 aliphatic heterocycles. The van der Waals surface area contributed by atoms with Crippen molar-refractivity contribution >= 4 is 47.1 Å². The first-order chi connectivity index (χ1) is 21.6. The Bertz CT molecular complexity index is 1610. The number of ether oxygens (including phenoxy) is 1. The van der Waals surface area contributed by atoms with Crippen molar-refractivity contribution in [2.24, 2.45) is 16.7 Å². The summed E-state index contributed by atoms with van der Waals surface area (Å²) >= 11 is 0. The van der Waals surface area contributed by atoms with E-state index < -0.39 is 47.2 Å². The zero-order valence-corrected chi connectivity index (χ0v) is 26.3. The summed E-state index contributed by atoms with van der Waals surface area (Å²) in [4.78, 5) is 71.8. The zero-order chi connectivity index (χ0) is 33.6. The number of carboxylic acid groups (broad SMARTS) is 2. The number of aromatic amines is 1. The molecule has 3 aliphatic rings. The van der Waals surface area contributed by atoms with Crippen molar-refractivity contribution in [1.82, 2.24) is 15.3 Å². The lowest BCUT2D eigenvalue weighted by atomic mass is 9.70. The Balaban J connectivity index is 1.42. The molecule has 0 saturated heterocycles. The van der Waals surface area contributed by atoms with Crippen molar-refractivity contribution < 1.29 is 34.1 Å². The van der Waals surface area contributed by atoms with E-state index in [-0.39, 0.29) is 53.4 Å². The van der Waals surface area contributed by atoms with Gasteiger partial charge < -0.3 is 36.6 Å². The zero-order valence-electron chi connectivity index (χ0n) is 26.3. The highest BCUT2D eigenvalue weighted by molar-refractivity contribution is 6.03. The highest BCUT2D eigenvalue weighted by Gasteiger charge is 2.64. The average Bonchev–Trinajstić information content (AvgIpc) is 3.33. The number of nitrogens with zero attached hydrogens (tertiary/aromatic N) is 2. The second kappa shape index (κ2) is 11.8. The van der Waals surface area contributed by atoms with Crippen LogP contribution >= 0.6 is 0 Å². The molecule has 2 amide bonds. The SMILES string of the molecule is CCCC(NC(=O)c1ccc(NCC2(C(=O)O)CNc3nc(N)[nH]c(=O)c3N2C(=O)OC2CC3CCC2(C)C3(C)C)cc1)C(=O)O. The number of carbonyl (C=O) groups excluding carboxylic acids is 2. The molecule has 2 fully saturated rings. The van der Waals surface area contributed by atoms with E-state index in [4.69, 9.17) is 10.5 Å². The van der Waals surface area contributed by atoms with Gasteiger partial charge in [-0.05, 0) is 61.3 Å². The molecule has 2 heterocycles. The number of anilines is 4. The third-order valence-electron chi connectivity index (χ3n) is 10.6. The van der Waals surface area contributed by atoms with E-state index in [0.717, 1.165) is 17.7 Å². The first-order valence-electron chi connectivity index (χ1n) is 15.4. The molecule has 248 valence electrons. The summed E-state index contributed by atoms with van der Waals surface area (Å²) in [5, 5.41) is 28.4. The predicted octanol–water partition coefficient (Wildman–Crippen LogP) is 2.85. The monoisotopic (exact) mass is 639 g/mol. The van der Waals surface area contributed by atoms with Crippen LogP contribution in [0.25, 0.3) is 0 Å². The topological polar surface area (TPSA) is 229 Å². The lowest BCUT2D eigenvalue weighted by Gasteiger charge is -2.45. The van der Waals surface area contributed by atoms with Gasteiger partial charge in [0.15, 0.2) is 17.0 Å². The van der Waals surface area contributed by atoms with Crippen LogP contribution in [0.3, 0.4) is 0 Å². The second-order valence-electron chi connectivity index (χ2n) is 13.2. The minimum Gasteiger partial charge on any atom is -0.480 e. The molecule has 46 heavy (non-hydrogen) atoms. The Labute approximate surface area is 265 Å². The highest BCUT2D eigenvalue weighted by atomic mass is 16.6. The van der Waals surface area contributed by atoms with Crippen molar-refractivity contribution in [2.75, 3.05) is 34.4 Å². The van der Waals surface area contributed by atoms with E-state index in [0.29, 0.717) is 24.4 Å². The minimum atomic E-state index is -2.05. The van der Waals surface area contributed by atoms with Gasteiger partial charge in [0, 0.05) is 16.7 Å². The number of hydrogen-bond donors (Lipinski definition) is 7. The fourth-order valence-corrected chi connectivity index (χ4v) is 7.25. The van der Waals surface area contributed by atoms with E-state index in [1.54, 1.807) is 0 Å². The highest BCUT2D eigenvalue weighted by Crippen LogP contribution is 2.66. The summed E-state index contributed by atoms with van der Waals surface area (Å²) in [5.41, 5.74) is 2.76. The first-order valence-corrected chi connectivity index (χ1v) is 15.4. The molecular formula is C31H41N7O8. The van der Waals surface area contributed by atoms with Crippen LogP contribution in [-0.2, 0) is 14.3 Å². The van der Waals surface area contributed by atoms with Crippen molar-refractivity contribution in [2.45, 2.75) is 77.5 Å². The summed E-state index contributed by atoms with van der Waals surface area (Å²) in [6.07, 6.45) is 1.89. The Morgan fingerprint density at radius 2 is 1.87 bits per heavy atom. The van der Waals surface area contributed by atoms with Crippen LogP contribution in [-0.4, -0.2) is 74.9 Å². The molecule has 2 saturated carbocycles. The Morgan fingerprint density at radius 3 is 2.43 bits per heavy atom. The number of fused-ring (bicyclic) bond motifs is 3. The van der Waals surface area contributed by atoms with Crippen LogP contribution in [0.5, 0.6) is 0 Å². The average molecular weight is 640 g/mol. The van der Waals surface area contributed by atoms with Crippen molar-refractivity contribution in [3.8, 4) is 0 Å². The molecule has 15 nitrogen and oxygen atoms in total. The Kier molecular flexibility index (Phi) is 8.38. The molecule has 8 N–H and O–H groups in total. The Morgan fingerprint density at radius 1 is 1.17 bits per heavy atom. The number of rotatable bonds is 10. The summed E-state index contributed by atoms with van der Waals surface area (Å²) < 4.78 is 6.10. The number of carbonyl (C=O) groups is 4. The number of nitrogens with one attached hydrogen (secondary N) is 4.